The van der Waals surface area contributed by atoms with Crippen LogP contribution in [0.15, 0.2) is 16.4 Å². The Morgan fingerprint density at radius 2 is 2.16 bits per heavy atom. The number of guanidine groups is 1. The largest absolute Gasteiger partial charge is 0.370 e. The van der Waals surface area contributed by atoms with Gasteiger partial charge in [-0.1, -0.05) is 26.2 Å². The molecule has 1 fully saturated rings. The van der Waals surface area contributed by atoms with Crippen molar-refractivity contribution in [1.29, 1.82) is 0 Å². The van der Waals surface area contributed by atoms with Crippen LogP contribution in [-0.4, -0.2) is 12.0 Å². The Hall–Kier alpha value is -0.300. The van der Waals surface area contributed by atoms with Gasteiger partial charge in [-0.2, -0.15) is 0 Å². The van der Waals surface area contributed by atoms with Gasteiger partial charge in [0.15, 0.2) is 5.96 Å². The van der Waals surface area contributed by atoms with E-state index in [1.165, 1.54) is 42.5 Å². The number of halogens is 1. The molecule has 3 N–H and O–H groups in total. The molecule has 1 aromatic heterocycles. The van der Waals surface area contributed by atoms with E-state index in [1.54, 1.807) is 11.3 Å². The third kappa shape index (κ3) is 5.30. The van der Waals surface area contributed by atoms with E-state index in [4.69, 9.17) is 5.73 Å². The summed E-state index contributed by atoms with van der Waals surface area (Å²) in [6, 6.07) is 2.72. The summed E-state index contributed by atoms with van der Waals surface area (Å²) >= 11 is 1.77. The number of rotatable bonds is 4. The summed E-state index contributed by atoms with van der Waals surface area (Å²) in [6.45, 7) is 2.89. The fourth-order valence-corrected chi connectivity index (χ4v) is 3.38. The molecule has 0 radical (unpaired) electrons. The zero-order valence-corrected chi connectivity index (χ0v) is 14.7. The monoisotopic (exact) mass is 393 g/mol. The number of aliphatic imine (C=N–C) groups is 1. The van der Waals surface area contributed by atoms with E-state index in [0.717, 1.165) is 6.42 Å². The lowest BCUT2D eigenvalue weighted by Crippen LogP contribution is -2.41. The normalized spacial score (nSPS) is 17.0. The molecule has 0 amide bonds. The smallest absolute Gasteiger partial charge is 0.189 e. The molecule has 1 heterocycles. The van der Waals surface area contributed by atoms with Crippen LogP contribution in [0.25, 0.3) is 0 Å². The van der Waals surface area contributed by atoms with Crippen molar-refractivity contribution in [2.24, 2.45) is 10.7 Å². The van der Waals surface area contributed by atoms with E-state index >= 15 is 0 Å². The van der Waals surface area contributed by atoms with Gasteiger partial charge in [-0.05, 0) is 36.3 Å². The topological polar surface area (TPSA) is 50.4 Å². The van der Waals surface area contributed by atoms with Crippen LogP contribution in [0.2, 0.25) is 0 Å². The Labute approximate surface area is 137 Å². The van der Waals surface area contributed by atoms with E-state index in [-0.39, 0.29) is 24.0 Å². The summed E-state index contributed by atoms with van der Waals surface area (Å²) in [5.41, 5.74) is 7.35. The first-order chi connectivity index (χ1) is 8.79. The summed E-state index contributed by atoms with van der Waals surface area (Å²) in [7, 11) is 0. The third-order valence-corrected chi connectivity index (χ3v) is 4.52. The molecule has 0 atom stereocenters. The van der Waals surface area contributed by atoms with Gasteiger partial charge in [0.2, 0.25) is 0 Å². The van der Waals surface area contributed by atoms with Gasteiger partial charge in [0.05, 0.1) is 6.54 Å². The van der Waals surface area contributed by atoms with Gasteiger partial charge in [-0.25, -0.2) is 4.99 Å². The molecule has 0 bridgehead atoms. The average Bonchev–Trinajstić information content (AvgIpc) is 2.85. The third-order valence-electron chi connectivity index (χ3n) is 3.57. The highest BCUT2D eigenvalue weighted by Crippen LogP contribution is 2.19. The maximum absolute atomic E-state index is 5.96. The molecule has 19 heavy (non-hydrogen) atoms. The molecular weight excluding hydrogens is 369 g/mol. The van der Waals surface area contributed by atoms with Crippen LogP contribution >= 0.6 is 35.3 Å². The van der Waals surface area contributed by atoms with E-state index in [0.29, 0.717) is 18.5 Å². The fourth-order valence-electron chi connectivity index (χ4n) is 2.48. The van der Waals surface area contributed by atoms with Crippen molar-refractivity contribution in [1.82, 2.24) is 5.32 Å². The molecule has 0 spiro atoms. The lowest BCUT2D eigenvalue weighted by Gasteiger charge is -2.23. The molecule has 0 aromatic carbocycles. The second-order valence-corrected chi connectivity index (χ2v) is 5.90. The highest BCUT2D eigenvalue weighted by atomic mass is 127. The lowest BCUT2D eigenvalue weighted by atomic mass is 9.96. The summed E-state index contributed by atoms with van der Waals surface area (Å²) in [5, 5.41) is 5.48. The minimum atomic E-state index is 0. The Morgan fingerprint density at radius 1 is 1.42 bits per heavy atom. The van der Waals surface area contributed by atoms with Crippen LogP contribution in [0.4, 0.5) is 0 Å². The predicted octanol–water partition coefficient (Wildman–Crippen LogP) is 3.67. The highest BCUT2D eigenvalue weighted by molar-refractivity contribution is 14.0. The number of thiophene rings is 1. The maximum atomic E-state index is 5.96. The van der Waals surface area contributed by atoms with Crippen molar-refractivity contribution in [3.05, 3.63) is 21.9 Å². The number of aryl methyl sites for hydroxylation is 1. The summed E-state index contributed by atoms with van der Waals surface area (Å²) in [4.78, 5) is 5.80. The summed E-state index contributed by atoms with van der Waals surface area (Å²) in [5.74, 6) is 0.609. The fraction of sp³-hybridized carbons (Fsp3) is 0.643. The first kappa shape index (κ1) is 16.8. The summed E-state index contributed by atoms with van der Waals surface area (Å²) < 4.78 is 0. The highest BCUT2D eigenvalue weighted by Gasteiger charge is 2.13. The van der Waals surface area contributed by atoms with Crippen LogP contribution in [0.3, 0.4) is 0 Å². The van der Waals surface area contributed by atoms with Crippen molar-refractivity contribution >= 4 is 41.3 Å². The number of nitrogens with one attached hydrogen (secondary N) is 1. The molecule has 3 nitrogen and oxygen atoms in total. The standard InChI is InChI=1S/C14H23N3S.HI/c1-2-11-8-9-18-13(11)10-16-14(15)17-12-6-4-3-5-7-12;/h8-9,12H,2-7,10H2,1H3,(H3,15,16,17);1H. The Kier molecular flexibility index (Phi) is 7.75. The van der Waals surface area contributed by atoms with E-state index in [2.05, 4.69) is 28.7 Å². The SMILES string of the molecule is CCc1ccsc1CN=C(N)NC1CCCCC1.I. The van der Waals surface area contributed by atoms with E-state index in [9.17, 15) is 0 Å². The van der Waals surface area contributed by atoms with Crippen molar-refractivity contribution in [3.63, 3.8) is 0 Å². The molecule has 0 saturated heterocycles. The molecule has 2 rings (SSSR count). The maximum Gasteiger partial charge on any atom is 0.189 e. The molecular formula is C14H24IN3S. The van der Waals surface area contributed by atoms with Crippen LogP contribution in [0.5, 0.6) is 0 Å². The molecule has 0 unspecified atom stereocenters. The molecule has 108 valence electrons. The van der Waals surface area contributed by atoms with Gasteiger partial charge in [0.25, 0.3) is 0 Å². The molecule has 1 aliphatic carbocycles. The molecule has 1 saturated carbocycles. The number of nitrogens with zero attached hydrogens (tertiary/aromatic N) is 1. The van der Waals surface area contributed by atoms with E-state index < -0.39 is 0 Å². The van der Waals surface area contributed by atoms with Crippen molar-refractivity contribution in [3.8, 4) is 0 Å². The van der Waals surface area contributed by atoms with Crippen LogP contribution in [0, 0.1) is 0 Å². The molecule has 5 heteroatoms. The molecule has 1 aromatic rings. The van der Waals surface area contributed by atoms with Gasteiger partial charge < -0.3 is 11.1 Å². The van der Waals surface area contributed by atoms with Gasteiger partial charge >= 0.3 is 0 Å². The second-order valence-electron chi connectivity index (χ2n) is 4.90. The molecule has 1 aliphatic rings. The zero-order chi connectivity index (χ0) is 12.8. The average molecular weight is 393 g/mol. The Bertz CT molecular complexity index is 397. The molecule has 0 aliphatic heterocycles. The lowest BCUT2D eigenvalue weighted by molar-refractivity contribution is 0.412. The van der Waals surface area contributed by atoms with Crippen molar-refractivity contribution in [2.45, 2.75) is 58.0 Å². The zero-order valence-electron chi connectivity index (χ0n) is 11.5. The quantitative estimate of drug-likeness (QED) is 0.466. The minimum absolute atomic E-state index is 0. The number of nitrogens with two attached hydrogens (primary N) is 1. The van der Waals surface area contributed by atoms with Gasteiger partial charge in [0, 0.05) is 10.9 Å². The van der Waals surface area contributed by atoms with Crippen LogP contribution in [0.1, 0.15) is 49.5 Å². The summed E-state index contributed by atoms with van der Waals surface area (Å²) in [6.07, 6.45) is 7.53. The van der Waals surface area contributed by atoms with E-state index in [1.807, 2.05) is 0 Å². The first-order valence-electron chi connectivity index (χ1n) is 6.91. The second kappa shape index (κ2) is 8.79. The first-order valence-corrected chi connectivity index (χ1v) is 7.79. The van der Waals surface area contributed by atoms with Gasteiger partial charge in [0.1, 0.15) is 0 Å². The Morgan fingerprint density at radius 3 is 2.84 bits per heavy atom. The van der Waals surface area contributed by atoms with Crippen LogP contribution < -0.4 is 11.1 Å². The predicted molar refractivity (Wildman–Crippen MR) is 94.4 cm³/mol. The van der Waals surface area contributed by atoms with Crippen LogP contribution in [-0.2, 0) is 13.0 Å². The minimum Gasteiger partial charge on any atom is -0.370 e. The van der Waals surface area contributed by atoms with Gasteiger partial charge in [-0.15, -0.1) is 35.3 Å². The van der Waals surface area contributed by atoms with Crippen molar-refractivity contribution in [2.75, 3.05) is 0 Å². The van der Waals surface area contributed by atoms with Gasteiger partial charge in [-0.3, -0.25) is 0 Å². The number of hydrogen-bond donors (Lipinski definition) is 2. The van der Waals surface area contributed by atoms with Crippen molar-refractivity contribution < 1.29 is 0 Å². The number of hydrogen-bond acceptors (Lipinski definition) is 2. The Balaban J connectivity index is 0.00000180.